The van der Waals surface area contributed by atoms with Crippen LogP contribution in [0.1, 0.15) is 60.8 Å². The second kappa shape index (κ2) is 14.5. The molecule has 2 N–H and O–H groups in total. The fourth-order valence-electron chi connectivity index (χ4n) is 5.99. The molecule has 0 aliphatic carbocycles. The maximum atomic E-state index is 13.8. The zero-order valence-corrected chi connectivity index (χ0v) is 28.5. The normalized spacial score (nSPS) is 16.5. The van der Waals surface area contributed by atoms with Crippen LogP contribution in [0.15, 0.2) is 63.9 Å². The molecule has 2 aromatic carbocycles. The highest BCUT2D eigenvalue weighted by Gasteiger charge is 2.28. The Balaban J connectivity index is 1.22. The average molecular weight is 658 g/mol. The summed E-state index contributed by atoms with van der Waals surface area (Å²) in [5, 5.41) is 13.1. The van der Waals surface area contributed by atoms with Crippen LogP contribution in [-0.2, 0) is 15.7 Å². The minimum atomic E-state index is -1.69. The van der Waals surface area contributed by atoms with Crippen molar-refractivity contribution < 1.29 is 18.9 Å². The number of nitriles is 1. The standard InChI is InChI=1S/C35H43N7O4S/c1-24-22-25(2)32(37-27-14-16-40(17-15-27)28-11-7-6-10-26(28)23-36)38-31(24)33(43)42-20-18-41(19-21-42)29-12-8-9-13-30(29)47(45)39-34(44)46-35(3,4)5/h6-13,22,27H,14-21H2,1-5H3,(H,37,38)(H,39,44,45). The number of nitrogens with zero attached hydrogens (tertiary/aromatic N) is 6. The van der Waals surface area contributed by atoms with Crippen LogP contribution in [0.3, 0.4) is 0 Å². The van der Waals surface area contributed by atoms with Crippen LogP contribution in [0.4, 0.5) is 22.0 Å². The van der Waals surface area contributed by atoms with Gasteiger partial charge in [-0.3, -0.25) is 4.79 Å². The highest BCUT2D eigenvalue weighted by Crippen LogP contribution is 2.28. The molecular weight excluding hydrogens is 614 g/mol. The third-order valence-corrected chi connectivity index (χ3v) is 9.39. The van der Waals surface area contributed by atoms with Gasteiger partial charge in [0.1, 0.15) is 23.2 Å². The van der Waals surface area contributed by atoms with E-state index in [9.17, 15) is 19.4 Å². The summed E-state index contributed by atoms with van der Waals surface area (Å²) in [4.78, 5) is 37.6. The number of hydrogen-bond donors (Lipinski definition) is 2. The van der Waals surface area contributed by atoms with E-state index >= 15 is 0 Å². The number of piperazine rings is 1. The van der Waals surface area contributed by atoms with Crippen molar-refractivity contribution in [1.82, 2.24) is 9.88 Å². The first-order valence-corrected chi connectivity index (χ1v) is 17.1. The lowest BCUT2D eigenvalue weighted by Crippen LogP contribution is -2.49. The number of amides is 2. The van der Waals surface area contributed by atoms with E-state index in [0.29, 0.717) is 42.3 Å². The van der Waals surface area contributed by atoms with Crippen LogP contribution in [0, 0.1) is 25.2 Å². The molecule has 1 atom stereocenters. The molecule has 12 heteroatoms. The van der Waals surface area contributed by atoms with E-state index in [1.54, 1.807) is 32.9 Å². The summed E-state index contributed by atoms with van der Waals surface area (Å²) in [6, 6.07) is 19.6. The van der Waals surface area contributed by atoms with Crippen molar-refractivity contribution in [3.8, 4) is 6.07 Å². The minimum absolute atomic E-state index is 0.108. The lowest BCUT2D eigenvalue weighted by atomic mass is 10.0. The Hall–Kier alpha value is -4.47. The molecule has 5 rings (SSSR count). The summed E-state index contributed by atoms with van der Waals surface area (Å²) in [6.45, 7) is 12.9. The molecular formula is C35H43N7O4S. The van der Waals surface area contributed by atoms with Crippen molar-refractivity contribution in [2.45, 2.75) is 64.0 Å². The van der Waals surface area contributed by atoms with Crippen molar-refractivity contribution in [3.63, 3.8) is 0 Å². The molecule has 3 heterocycles. The second-order valence-electron chi connectivity index (χ2n) is 12.9. The van der Waals surface area contributed by atoms with Gasteiger partial charge in [-0.15, -0.1) is 4.36 Å². The van der Waals surface area contributed by atoms with E-state index < -0.39 is 22.7 Å². The number of benzene rings is 2. The Bertz CT molecular complexity index is 1700. The largest absolute Gasteiger partial charge is 0.442 e. The number of ether oxygens (including phenoxy) is 1. The number of carbonyl (C=O) groups excluding carboxylic acids is 2. The van der Waals surface area contributed by atoms with Crippen LogP contribution >= 0.6 is 0 Å². The molecule has 47 heavy (non-hydrogen) atoms. The third kappa shape index (κ3) is 8.28. The zero-order valence-electron chi connectivity index (χ0n) is 27.7. The van der Waals surface area contributed by atoms with E-state index in [1.165, 1.54) is 0 Å². The van der Waals surface area contributed by atoms with Gasteiger partial charge >= 0.3 is 6.09 Å². The summed E-state index contributed by atoms with van der Waals surface area (Å²) in [6.07, 6.45) is 0.971. The molecule has 1 unspecified atom stereocenters. The molecule has 248 valence electrons. The molecule has 2 saturated heterocycles. The second-order valence-corrected chi connectivity index (χ2v) is 14.1. The topological polar surface area (TPSA) is 134 Å². The first-order valence-electron chi connectivity index (χ1n) is 15.9. The SMILES string of the molecule is Cc1cc(C)c(C(=O)N2CCN(c3ccccc3/S(O)=N/C(=O)OC(C)(C)C)CC2)nc1NC1CCN(c2ccccc2C#N)CC1. The van der Waals surface area contributed by atoms with Crippen LogP contribution in [0.25, 0.3) is 0 Å². The van der Waals surface area contributed by atoms with Gasteiger partial charge < -0.3 is 29.3 Å². The van der Waals surface area contributed by atoms with Crippen molar-refractivity contribution in [3.05, 3.63) is 77.0 Å². The summed E-state index contributed by atoms with van der Waals surface area (Å²) < 4.78 is 19.9. The van der Waals surface area contributed by atoms with Crippen LogP contribution in [0.5, 0.6) is 0 Å². The summed E-state index contributed by atoms with van der Waals surface area (Å²) in [5.41, 5.74) is 4.00. The van der Waals surface area contributed by atoms with E-state index in [1.807, 2.05) is 61.2 Å². The fourth-order valence-corrected chi connectivity index (χ4v) is 6.85. The van der Waals surface area contributed by atoms with Crippen molar-refractivity contribution >= 4 is 40.2 Å². The number of piperidine rings is 1. The number of rotatable bonds is 6. The van der Waals surface area contributed by atoms with Gasteiger partial charge in [0.25, 0.3) is 5.91 Å². The molecule has 0 radical (unpaired) electrons. The summed E-state index contributed by atoms with van der Waals surface area (Å²) in [7, 11) is -1.69. The first-order chi connectivity index (χ1) is 22.4. The fraction of sp³-hybridized carbons (Fsp3) is 0.429. The predicted molar refractivity (Wildman–Crippen MR) is 185 cm³/mol. The van der Waals surface area contributed by atoms with Crippen molar-refractivity contribution in [2.75, 3.05) is 54.4 Å². The molecule has 0 spiro atoms. The van der Waals surface area contributed by atoms with Gasteiger partial charge in [0.2, 0.25) is 0 Å². The lowest BCUT2D eigenvalue weighted by Gasteiger charge is -2.37. The van der Waals surface area contributed by atoms with Gasteiger partial charge in [0, 0.05) is 45.3 Å². The molecule has 1 aromatic heterocycles. The van der Waals surface area contributed by atoms with Crippen LogP contribution < -0.4 is 15.1 Å². The lowest BCUT2D eigenvalue weighted by molar-refractivity contribution is 0.0606. The number of aryl methyl sites for hydroxylation is 2. The highest BCUT2D eigenvalue weighted by atomic mass is 32.2. The van der Waals surface area contributed by atoms with Crippen molar-refractivity contribution in [1.29, 1.82) is 5.26 Å². The van der Waals surface area contributed by atoms with E-state index in [2.05, 4.69) is 25.5 Å². The predicted octanol–water partition coefficient (Wildman–Crippen LogP) is 6.18. The maximum Gasteiger partial charge on any atom is 0.442 e. The van der Waals surface area contributed by atoms with Gasteiger partial charge in [-0.1, -0.05) is 30.3 Å². The quantitative estimate of drug-likeness (QED) is 0.319. The average Bonchev–Trinajstić information content (AvgIpc) is 3.05. The smallest absolute Gasteiger partial charge is 0.442 e. The maximum absolute atomic E-state index is 13.8. The highest BCUT2D eigenvalue weighted by molar-refractivity contribution is 7.82. The van der Waals surface area contributed by atoms with Crippen molar-refractivity contribution in [2.24, 2.45) is 4.36 Å². The zero-order chi connectivity index (χ0) is 33.7. The van der Waals surface area contributed by atoms with Crippen LogP contribution in [0.2, 0.25) is 0 Å². The molecule has 3 aromatic rings. The van der Waals surface area contributed by atoms with E-state index in [0.717, 1.165) is 54.3 Å². The molecule has 0 saturated carbocycles. The van der Waals surface area contributed by atoms with Crippen LogP contribution in [-0.4, -0.2) is 77.3 Å². The molecule has 2 amide bonds. The first kappa shape index (κ1) is 33.9. The van der Waals surface area contributed by atoms with E-state index in [-0.39, 0.29) is 11.9 Å². The Labute approximate surface area is 279 Å². The number of pyridine rings is 1. The third-order valence-electron chi connectivity index (χ3n) is 8.33. The van der Waals surface area contributed by atoms with E-state index in [4.69, 9.17) is 9.72 Å². The molecule has 2 aliphatic rings. The molecule has 0 bridgehead atoms. The van der Waals surface area contributed by atoms with Gasteiger partial charge in [-0.05, 0) is 82.9 Å². The number of para-hydroxylation sites is 2. The Kier molecular flexibility index (Phi) is 10.5. The van der Waals surface area contributed by atoms with Gasteiger partial charge in [-0.25, -0.2) is 9.78 Å². The number of aromatic nitrogens is 1. The molecule has 2 aliphatic heterocycles. The Morgan fingerprint density at radius 3 is 2.23 bits per heavy atom. The van der Waals surface area contributed by atoms with Gasteiger partial charge in [0.15, 0.2) is 0 Å². The van der Waals surface area contributed by atoms with Gasteiger partial charge in [-0.2, -0.15) is 5.26 Å². The Morgan fingerprint density at radius 2 is 1.57 bits per heavy atom. The summed E-state index contributed by atoms with van der Waals surface area (Å²) in [5.74, 6) is 0.620. The molecule has 2 fully saturated rings. The number of anilines is 3. The number of nitrogens with one attached hydrogen (secondary N) is 1. The monoisotopic (exact) mass is 657 g/mol. The van der Waals surface area contributed by atoms with Gasteiger partial charge in [0.05, 0.1) is 32.8 Å². The number of hydrogen-bond acceptors (Lipinski definition) is 8. The molecule has 11 nitrogen and oxygen atoms in total. The minimum Gasteiger partial charge on any atom is -0.442 e. The number of carbonyl (C=O) groups is 2. The Morgan fingerprint density at radius 1 is 0.957 bits per heavy atom. The summed E-state index contributed by atoms with van der Waals surface area (Å²) >= 11 is 0.